The van der Waals surface area contributed by atoms with E-state index in [1.54, 1.807) is 16.9 Å². The molecule has 0 radical (unpaired) electrons. The number of hydrogen-bond acceptors (Lipinski definition) is 4. The average Bonchev–Trinajstić information content (AvgIpc) is 3.12. The highest BCUT2D eigenvalue weighted by molar-refractivity contribution is 5.94. The molecule has 126 valence electrons. The topological polar surface area (TPSA) is 60.2 Å². The summed E-state index contributed by atoms with van der Waals surface area (Å²) in [6.07, 6.45) is 9.97. The molecule has 2 fully saturated rings. The van der Waals surface area contributed by atoms with Crippen molar-refractivity contribution < 1.29 is 9.53 Å². The van der Waals surface area contributed by atoms with Crippen LogP contribution in [-0.4, -0.2) is 38.7 Å². The summed E-state index contributed by atoms with van der Waals surface area (Å²) in [6.45, 7) is 1.51. The summed E-state index contributed by atoms with van der Waals surface area (Å²) >= 11 is 0. The molecular weight excluding hydrogens is 304 g/mol. The van der Waals surface area contributed by atoms with Crippen LogP contribution in [0.2, 0.25) is 0 Å². The van der Waals surface area contributed by atoms with Crippen LogP contribution in [0.25, 0.3) is 0 Å². The van der Waals surface area contributed by atoms with E-state index in [1.165, 1.54) is 12.8 Å². The van der Waals surface area contributed by atoms with E-state index in [4.69, 9.17) is 4.74 Å². The molecule has 1 saturated heterocycles. The van der Waals surface area contributed by atoms with Gasteiger partial charge in [-0.1, -0.05) is 0 Å². The van der Waals surface area contributed by atoms with E-state index in [0.717, 1.165) is 31.6 Å². The third kappa shape index (κ3) is 3.13. The minimum absolute atomic E-state index is 0.0302. The van der Waals surface area contributed by atoms with Crippen molar-refractivity contribution in [3.63, 3.8) is 0 Å². The summed E-state index contributed by atoms with van der Waals surface area (Å²) in [5, 5.41) is 4.23. The summed E-state index contributed by atoms with van der Waals surface area (Å²) in [4.78, 5) is 19.1. The number of likely N-dealkylation sites (tertiary alicyclic amines) is 1. The van der Waals surface area contributed by atoms with E-state index in [9.17, 15) is 4.79 Å². The minimum atomic E-state index is 0.0302. The summed E-state index contributed by atoms with van der Waals surface area (Å²) in [6, 6.07) is 3.72. The second-order valence-corrected chi connectivity index (χ2v) is 6.74. The number of aryl methyl sites for hydroxylation is 1. The number of pyridine rings is 1. The van der Waals surface area contributed by atoms with Gasteiger partial charge in [0.05, 0.1) is 24.4 Å². The maximum absolute atomic E-state index is 12.8. The Balaban J connectivity index is 1.45. The zero-order valence-corrected chi connectivity index (χ0v) is 13.9. The van der Waals surface area contributed by atoms with Crippen molar-refractivity contribution in [1.29, 1.82) is 0 Å². The largest absolute Gasteiger partial charge is 0.477 e. The highest BCUT2D eigenvalue weighted by atomic mass is 16.5. The minimum Gasteiger partial charge on any atom is -0.477 e. The number of aromatic nitrogens is 3. The van der Waals surface area contributed by atoms with Gasteiger partial charge in [-0.2, -0.15) is 5.10 Å². The standard InChI is InChI=1S/C18H22N4O2/c1-21-11-15(10-20-21)16-3-2-8-22(16)18(23)14-6-7-17(19-9-14)24-12-13-4-5-13/h6-7,9-11,13,16H,2-5,8,12H2,1H3/t16-/m0/s1. The van der Waals surface area contributed by atoms with Crippen molar-refractivity contribution in [2.75, 3.05) is 13.2 Å². The molecule has 1 saturated carbocycles. The maximum Gasteiger partial charge on any atom is 0.255 e. The van der Waals surface area contributed by atoms with E-state index < -0.39 is 0 Å². The van der Waals surface area contributed by atoms with Crippen LogP contribution in [0.15, 0.2) is 30.7 Å². The van der Waals surface area contributed by atoms with Crippen molar-refractivity contribution in [3.05, 3.63) is 41.9 Å². The molecular formula is C18H22N4O2. The summed E-state index contributed by atoms with van der Waals surface area (Å²) in [5.41, 5.74) is 1.71. The monoisotopic (exact) mass is 326 g/mol. The van der Waals surface area contributed by atoms with E-state index in [0.29, 0.717) is 17.4 Å². The van der Waals surface area contributed by atoms with E-state index in [2.05, 4.69) is 10.1 Å². The fraction of sp³-hybridized carbons (Fsp3) is 0.500. The number of carbonyl (C=O) groups excluding carboxylic acids is 1. The molecule has 1 amide bonds. The fourth-order valence-corrected chi connectivity index (χ4v) is 3.21. The van der Waals surface area contributed by atoms with E-state index in [-0.39, 0.29) is 11.9 Å². The summed E-state index contributed by atoms with van der Waals surface area (Å²) in [7, 11) is 1.90. The molecule has 0 aromatic carbocycles. The van der Waals surface area contributed by atoms with Crippen LogP contribution < -0.4 is 4.74 Å². The SMILES string of the molecule is Cn1cc([C@@H]2CCCN2C(=O)c2ccc(OCC3CC3)nc2)cn1. The van der Waals surface area contributed by atoms with Crippen LogP contribution in [-0.2, 0) is 7.05 Å². The molecule has 24 heavy (non-hydrogen) atoms. The average molecular weight is 326 g/mol. The zero-order chi connectivity index (χ0) is 16.5. The van der Waals surface area contributed by atoms with Crippen LogP contribution in [0.3, 0.4) is 0 Å². The Morgan fingerprint density at radius 1 is 1.29 bits per heavy atom. The molecule has 0 unspecified atom stereocenters. The zero-order valence-electron chi connectivity index (χ0n) is 13.9. The first-order chi connectivity index (χ1) is 11.7. The Hall–Kier alpha value is -2.37. The van der Waals surface area contributed by atoms with Gasteiger partial charge in [-0.15, -0.1) is 0 Å². The molecule has 6 nitrogen and oxygen atoms in total. The Morgan fingerprint density at radius 3 is 2.83 bits per heavy atom. The van der Waals surface area contributed by atoms with E-state index in [1.807, 2.05) is 30.4 Å². The number of ether oxygens (including phenoxy) is 1. The van der Waals surface area contributed by atoms with Crippen LogP contribution in [0, 0.1) is 5.92 Å². The molecule has 1 aliphatic carbocycles. The first-order valence-electron chi connectivity index (χ1n) is 8.59. The molecule has 2 aromatic rings. The molecule has 2 aromatic heterocycles. The third-order valence-corrected chi connectivity index (χ3v) is 4.77. The summed E-state index contributed by atoms with van der Waals surface area (Å²) in [5.74, 6) is 1.32. The Labute approximate surface area is 141 Å². The van der Waals surface area contributed by atoms with E-state index >= 15 is 0 Å². The first kappa shape index (κ1) is 15.2. The first-order valence-corrected chi connectivity index (χ1v) is 8.59. The molecule has 3 heterocycles. The van der Waals surface area contributed by atoms with Crippen LogP contribution in [0.5, 0.6) is 5.88 Å². The highest BCUT2D eigenvalue weighted by Crippen LogP contribution is 2.33. The molecule has 0 bridgehead atoms. The predicted octanol–water partition coefficient (Wildman–Crippen LogP) is 2.58. The maximum atomic E-state index is 12.8. The second-order valence-electron chi connectivity index (χ2n) is 6.74. The predicted molar refractivity (Wildman–Crippen MR) is 88.7 cm³/mol. The lowest BCUT2D eigenvalue weighted by Crippen LogP contribution is -2.30. The lowest BCUT2D eigenvalue weighted by atomic mass is 10.1. The van der Waals surface area contributed by atoms with Gasteiger partial charge in [-0.25, -0.2) is 4.98 Å². The molecule has 4 rings (SSSR count). The number of amides is 1. The van der Waals surface area contributed by atoms with Crippen LogP contribution in [0.1, 0.15) is 47.6 Å². The lowest BCUT2D eigenvalue weighted by molar-refractivity contribution is 0.0735. The molecule has 0 N–H and O–H groups in total. The van der Waals surface area contributed by atoms with Crippen molar-refractivity contribution in [2.45, 2.75) is 31.7 Å². The van der Waals surface area contributed by atoms with Gasteiger partial charge < -0.3 is 9.64 Å². The number of carbonyl (C=O) groups is 1. The Bertz CT molecular complexity index is 721. The van der Waals surface area contributed by atoms with Gasteiger partial charge in [0.1, 0.15) is 0 Å². The fourth-order valence-electron chi connectivity index (χ4n) is 3.21. The van der Waals surface area contributed by atoms with Crippen molar-refractivity contribution in [2.24, 2.45) is 13.0 Å². The van der Waals surface area contributed by atoms with Crippen LogP contribution >= 0.6 is 0 Å². The second kappa shape index (κ2) is 6.26. The molecule has 2 aliphatic rings. The van der Waals surface area contributed by atoms with Crippen molar-refractivity contribution >= 4 is 5.91 Å². The molecule has 6 heteroatoms. The third-order valence-electron chi connectivity index (χ3n) is 4.77. The molecule has 1 atom stereocenters. The van der Waals surface area contributed by atoms with Gasteiger partial charge >= 0.3 is 0 Å². The van der Waals surface area contributed by atoms with Crippen molar-refractivity contribution in [1.82, 2.24) is 19.7 Å². The molecule has 1 aliphatic heterocycles. The van der Waals surface area contributed by atoms with Gasteiger partial charge in [0.15, 0.2) is 0 Å². The van der Waals surface area contributed by atoms with Gasteiger partial charge in [0.25, 0.3) is 5.91 Å². The van der Waals surface area contributed by atoms with Crippen molar-refractivity contribution in [3.8, 4) is 5.88 Å². The Morgan fingerprint density at radius 2 is 2.17 bits per heavy atom. The smallest absolute Gasteiger partial charge is 0.255 e. The quantitative estimate of drug-likeness (QED) is 0.847. The summed E-state index contributed by atoms with van der Waals surface area (Å²) < 4.78 is 7.42. The van der Waals surface area contributed by atoms with Gasteiger partial charge in [0, 0.05) is 37.6 Å². The highest BCUT2D eigenvalue weighted by Gasteiger charge is 2.31. The Kier molecular flexibility index (Phi) is 3.96. The van der Waals surface area contributed by atoms with Gasteiger partial charge in [-0.3, -0.25) is 9.48 Å². The lowest BCUT2D eigenvalue weighted by Gasteiger charge is -2.23. The van der Waals surface area contributed by atoms with Crippen LogP contribution in [0.4, 0.5) is 0 Å². The number of rotatable bonds is 5. The normalized spacial score (nSPS) is 20.4. The van der Waals surface area contributed by atoms with Gasteiger partial charge in [0.2, 0.25) is 5.88 Å². The molecule has 0 spiro atoms. The van der Waals surface area contributed by atoms with Gasteiger partial charge in [-0.05, 0) is 37.7 Å². The number of hydrogen-bond donors (Lipinski definition) is 0. The number of nitrogens with zero attached hydrogens (tertiary/aromatic N) is 4.